The maximum atomic E-state index is 12.7. The summed E-state index contributed by atoms with van der Waals surface area (Å²) in [5.74, 6) is 0.960. The summed E-state index contributed by atoms with van der Waals surface area (Å²) >= 11 is 0. The molecule has 0 radical (unpaired) electrons. The number of hydrogen-bond acceptors (Lipinski definition) is 2. The number of rotatable bonds is 7. The van der Waals surface area contributed by atoms with Crippen LogP contribution in [0.1, 0.15) is 63.9 Å². The second-order valence-electron chi connectivity index (χ2n) is 8.29. The van der Waals surface area contributed by atoms with E-state index in [1.54, 1.807) is 6.08 Å². The monoisotopic (exact) mass is 382 g/mol. The molecule has 0 spiro atoms. The summed E-state index contributed by atoms with van der Waals surface area (Å²) in [5, 5.41) is 3.34. The molecule has 1 aromatic carbocycles. The quantitative estimate of drug-likeness (QED) is 0.710. The Labute approximate surface area is 169 Å². The van der Waals surface area contributed by atoms with Crippen molar-refractivity contribution in [1.82, 2.24) is 10.2 Å². The van der Waals surface area contributed by atoms with Crippen LogP contribution in [-0.2, 0) is 9.59 Å². The first-order valence-electron chi connectivity index (χ1n) is 11.0. The van der Waals surface area contributed by atoms with Crippen LogP contribution in [-0.4, -0.2) is 35.8 Å². The molecule has 1 heterocycles. The Hall–Kier alpha value is -2.10. The molecule has 3 rings (SSSR count). The molecule has 0 bridgehead atoms. The largest absolute Gasteiger partial charge is 0.353 e. The van der Waals surface area contributed by atoms with Crippen LogP contribution in [0.15, 0.2) is 36.4 Å². The van der Waals surface area contributed by atoms with Gasteiger partial charge in [0.1, 0.15) is 0 Å². The van der Waals surface area contributed by atoms with Gasteiger partial charge in [-0.1, -0.05) is 56.5 Å². The number of hydrogen-bond donors (Lipinski definition) is 1. The fraction of sp³-hybridized carbons (Fsp3) is 0.583. The molecule has 1 aliphatic heterocycles. The zero-order valence-electron chi connectivity index (χ0n) is 17.1. The number of carbonyl (C=O) groups is 2. The highest BCUT2D eigenvalue weighted by Crippen LogP contribution is 2.30. The molecule has 4 heteroatoms. The first-order valence-corrected chi connectivity index (χ1v) is 11.0. The molecule has 28 heavy (non-hydrogen) atoms. The predicted octanol–water partition coefficient (Wildman–Crippen LogP) is 4.41. The van der Waals surface area contributed by atoms with Crippen molar-refractivity contribution < 1.29 is 9.59 Å². The van der Waals surface area contributed by atoms with E-state index < -0.39 is 0 Å². The van der Waals surface area contributed by atoms with Crippen molar-refractivity contribution in [2.45, 2.75) is 64.3 Å². The number of nitrogens with zero attached hydrogens (tertiary/aromatic N) is 1. The van der Waals surface area contributed by atoms with Crippen molar-refractivity contribution in [1.29, 1.82) is 0 Å². The number of piperidine rings is 1. The summed E-state index contributed by atoms with van der Waals surface area (Å²) < 4.78 is 0. The normalized spacial score (nSPS) is 23.2. The molecular formula is C24H34N2O2. The van der Waals surface area contributed by atoms with Crippen LogP contribution in [0.25, 0.3) is 6.08 Å². The van der Waals surface area contributed by atoms with Crippen molar-refractivity contribution in [2.75, 3.05) is 13.1 Å². The van der Waals surface area contributed by atoms with Gasteiger partial charge in [-0.15, -0.1) is 0 Å². The molecule has 2 atom stereocenters. The summed E-state index contributed by atoms with van der Waals surface area (Å²) in [6, 6.07) is 10.2. The van der Waals surface area contributed by atoms with E-state index >= 15 is 0 Å². The average molecular weight is 383 g/mol. The SMILES string of the molecule is CCCCC1CCCC1NC(=O)C1CCN(C(=O)/C=C/c2ccccc2)CC1. The predicted molar refractivity (Wildman–Crippen MR) is 114 cm³/mol. The standard InChI is InChI=1S/C24H34N2O2/c1-2-3-10-20-11-7-12-22(20)25-24(28)21-15-17-26(18-16-21)23(27)14-13-19-8-5-4-6-9-19/h4-6,8-9,13-14,20-22H,2-3,7,10-12,15-18H2,1H3,(H,25,28)/b14-13+. The van der Waals surface area contributed by atoms with Gasteiger partial charge in [-0.05, 0) is 49.7 Å². The van der Waals surface area contributed by atoms with Gasteiger partial charge >= 0.3 is 0 Å². The lowest BCUT2D eigenvalue weighted by molar-refractivity contribution is -0.132. The molecular weight excluding hydrogens is 348 g/mol. The molecule has 1 aliphatic carbocycles. The maximum absolute atomic E-state index is 12.7. The molecule has 0 aromatic heterocycles. The summed E-state index contributed by atoms with van der Waals surface area (Å²) in [6.45, 7) is 3.56. The summed E-state index contributed by atoms with van der Waals surface area (Å²) in [4.78, 5) is 27.0. The minimum Gasteiger partial charge on any atom is -0.353 e. The smallest absolute Gasteiger partial charge is 0.246 e. The third kappa shape index (κ3) is 5.70. The van der Waals surface area contributed by atoms with Crippen LogP contribution >= 0.6 is 0 Å². The molecule has 4 nitrogen and oxygen atoms in total. The van der Waals surface area contributed by atoms with Crippen LogP contribution in [0.2, 0.25) is 0 Å². The summed E-state index contributed by atoms with van der Waals surface area (Å²) in [7, 11) is 0. The highest BCUT2D eigenvalue weighted by molar-refractivity contribution is 5.92. The number of likely N-dealkylation sites (tertiary alicyclic amines) is 1. The molecule has 1 N–H and O–H groups in total. The topological polar surface area (TPSA) is 49.4 Å². The van der Waals surface area contributed by atoms with Crippen molar-refractivity contribution in [3.05, 3.63) is 42.0 Å². The molecule has 2 fully saturated rings. The minimum absolute atomic E-state index is 0.0399. The third-order valence-electron chi connectivity index (χ3n) is 6.31. The van der Waals surface area contributed by atoms with Gasteiger partial charge in [0.05, 0.1) is 0 Å². The van der Waals surface area contributed by atoms with Gasteiger partial charge in [0, 0.05) is 31.1 Å². The van der Waals surface area contributed by atoms with Gasteiger partial charge < -0.3 is 10.2 Å². The van der Waals surface area contributed by atoms with Crippen LogP contribution in [0.5, 0.6) is 0 Å². The van der Waals surface area contributed by atoms with Gasteiger partial charge in [-0.25, -0.2) is 0 Å². The Morgan fingerprint density at radius 3 is 2.57 bits per heavy atom. The van der Waals surface area contributed by atoms with E-state index in [9.17, 15) is 9.59 Å². The van der Waals surface area contributed by atoms with E-state index in [2.05, 4.69) is 12.2 Å². The van der Waals surface area contributed by atoms with Crippen molar-refractivity contribution >= 4 is 17.9 Å². The molecule has 2 amide bonds. The molecule has 2 unspecified atom stereocenters. The zero-order chi connectivity index (χ0) is 19.8. The molecule has 1 saturated heterocycles. The van der Waals surface area contributed by atoms with E-state index in [4.69, 9.17) is 0 Å². The fourth-order valence-corrected chi connectivity index (χ4v) is 4.54. The highest BCUT2D eigenvalue weighted by atomic mass is 16.2. The van der Waals surface area contributed by atoms with Gasteiger partial charge in [0.15, 0.2) is 0 Å². The molecule has 1 aromatic rings. The Balaban J connectivity index is 1.43. The van der Waals surface area contributed by atoms with E-state index in [-0.39, 0.29) is 17.7 Å². The number of unbranched alkanes of at least 4 members (excludes halogenated alkanes) is 1. The Kier molecular flexibility index (Phi) is 7.70. The summed E-state index contributed by atoms with van der Waals surface area (Å²) in [6.07, 6.45) is 12.4. The second-order valence-corrected chi connectivity index (χ2v) is 8.29. The number of carbonyl (C=O) groups excluding carboxylic acids is 2. The van der Waals surface area contributed by atoms with Crippen molar-refractivity contribution in [2.24, 2.45) is 11.8 Å². The van der Waals surface area contributed by atoms with Gasteiger partial charge in [0.25, 0.3) is 0 Å². The van der Waals surface area contributed by atoms with Crippen LogP contribution in [0, 0.1) is 11.8 Å². The molecule has 2 aliphatic rings. The fourth-order valence-electron chi connectivity index (χ4n) is 4.54. The van der Waals surface area contributed by atoms with Gasteiger partial charge in [-0.3, -0.25) is 9.59 Å². The van der Waals surface area contributed by atoms with Crippen LogP contribution in [0.3, 0.4) is 0 Å². The lowest BCUT2D eigenvalue weighted by Crippen LogP contribution is -2.45. The van der Waals surface area contributed by atoms with Crippen molar-refractivity contribution in [3.8, 4) is 0 Å². The Bertz CT molecular complexity index is 662. The molecule has 1 saturated carbocycles. The second kappa shape index (κ2) is 10.4. The number of nitrogens with one attached hydrogen (secondary N) is 1. The van der Waals surface area contributed by atoms with Crippen LogP contribution < -0.4 is 5.32 Å². The molecule has 152 valence electrons. The van der Waals surface area contributed by atoms with E-state index in [0.29, 0.717) is 25.0 Å². The minimum atomic E-state index is 0.0399. The van der Waals surface area contributed by atoms with E-state index in [0.717, 1.165) is 24.8 Å². The van der Waals surface area contributed by atoms with Gasteiger partial charge in [0.2, 0.25) is 11.8 Å². The first kappa shape index (κ1) is 20.6. The number of amides is 2. The third-order valence-corrected chi connectivity index (χ3v) is 6.31. The lowest BCUT2D eigenvalue weighted by atomic mass is 9.93. The Morgan fingerprint density at radius 1 is 1.11 bits per heavy atom. The van der Waals surface area contributed by atoms with Crippen molar-refractivity contribution in [3.63, 3.8) is 0 Å². The van der Waals surface area contributed by atoms with Gasteiger partial charge in [-0.2, -0.15) is 0 Å². The maximum Gasteiger partial charge on any atom is 0.246 e. The average Bonchev–Trinajstić information content (AvgIpc) is 3.18. The first-order chi connectivity index (χ1) is 13.7. The Morgan fingerprint density at radius 2 is 1.86 bits per heavy atom. The zero-order valence-corrected chi connectivity index (χ0v) is 17.1. The lowest BCUT2D eigenvalue weighted by Gasteiger charge is -2.32. The summed E-state index contributed by atoms with van der Waals surface area (Å²) in [5.41, 5.74) is 1.03. The highest BCUT2D eigenvalue weighted by Gasteiger charge is 2.32. The van der Waals surface area contributed by atoms with E-state index in [1.165, 1.54) is 32.1 Å². The number of benzene rings is 1. The van der Waals surface area contributed by atoms with E-state index in [1.807, 2.05) is 41.3 Å². The van der Waals surface area contributed by atoms with Crippen LogP contribution in [0.4, 0.5) is 0 Å².